The van der Waals surface area contributed by atoms with Gasteiger partial charge >= 0.3 is 0 Å². The number of hydrogen-bond acceptors (Lipinski definition) is 7. The second kappa shape index (κ2) is 8.57. The maximum absolute atomic E-state index is 12.2. The summed E-state index contributed by atoms with van der Waals surface area (Å²) in [5.41, 5.74) is 1.74. The van der Waals surface area contributed by atoms with Gasteiger partial charge in [0.15, 0.2) is 11.0 Å². The molecule has 1 aliphatic heterocycles. The van der Waals surface area contributed by atoms with Crippen LogP contribution in [-0.2, 0) is 9.53 Å². The van der Waals surface area contributed by atoms with Gasteiger partial charge in [-0.05, 0) is 31.9 Å². The highest BCUT2D eigenvalue weighted by atomic mass is 32.2. The maximum atomic E-state index is 12.2. The molecule has 0 aliphatic carbocycles. The number of amides is 1. The quantitative estimate of drug-likeness (QED) is 0.415. The zero-order valence-electron chi connectivity index (χ0n) is 15.6. The lowest BCUT2D eigenvalue weighted by Crippen LogP contribution is -2.19. The largest absolute Gasteiger partial charge is 0.376 e. The van der Waals surface area contributed by atoms with Gasteiger partial charge in [-0.3, -0.25) is 9.89 Å². The summed E-state index contributed by atoms with van der Waals surface area (Å²) in [4.78, 5) is 21.4. The number of aromatic amines is 1. The van der Waals surface area contributed by atoms with Crippen LogP contribution in [0.1, 0.15) is 18.5 Å². The molecule has 1 fully saturated rings. The highest BCUT2D eigenvalue weighted by molar-refractivity contribution is 7.99. The lowest BCUT2D eigenvalue weighted by molar-refractivity contribution is -0.113. The zero-order valence-corrected chi connectivity index (χ0v) is 16.4. The molecule has 1 unspecified atom stereocenters. The summed E-state index contributed by atoms with van der Waals surface area (Å²) in [6, 6.07) is 9.64. The average Bonchev–Trinajstić information content (AvgIpc) is 3.36. The molecule has 146 valence electrons. The second-order valence-electron chi connectivity index (χ2n) is 6.66. The molecule has 1 saturated heterocycles. The van der Waals surface area contributed by atoms with Crippen LogP contribution in [0.15, 0.2) is 35.5 Å². The lowest BCUT2D eigenvalue weighted by atomic mass is 10.2. The van der Waals surface area contributed by atoms with Gasteiger partial charge in [0, 0.05) is 30.3 Å². The molecule has 0 saturated carbocycles. The predicted octanol–water partition coefficient (Wildman–Crippen LogP) is 2.98. The van der Waals surface area contributed by atoms with Crippen LogP contribution in [0.3, 0.4) is 0 Å². The Hall–Kier alpha value is -2.65. The van der Waals surface area contributed by atoms with Crippen molar-refractivity contribution in [2.75, 3.05) is 29.5 Å². The van der Waals surface area contributed by atoms with Gasteiger partial charge in [-0.1, -0.05) is 23.9 Å². The smallest absolute Gasteiger partial charge is 0.236 e. The number of hydrogen-bond donors (Lipinski definition) is 3. The van der Waals surface area contributed by atoms with Crippen LogP contribution in [-0.4, -0.2) is 51.1 Å². The number of benzene rings is 1. The molecule has 2 aromatic heterocycles. The Bertz CT molecular complexity index is 970. The third kappa shape index (κ3) is 4.60. The topological polar surface area (TPSA) is 105 Å². The zero-order chi connectivity index (χ0) is 19.3. The Morgan fingerprint density at radius 3 is 3.04 bits per heavy atom. The standard InChI is InChI=1S/C19H22N6O2S/c1-12-9-16(25-24-12)22-17(26)11-28-19-21-15-7-3-2-6-14(15)18(23-19)20-10-13-5-4-8-27-13/h2-3,6-7,9,13H,4-5,8,10-11H2,1H3,(H,20,21,23)(H2,22,24,25,26). The van der Waals surface area contributed by atoms with E-state index in [1.54, 1.807) is 6.07 Å². The van der Waals surface area contributed by atoms with Gasteiger partial charge in [-0.25, -0.2) is 9.97 Å². The van der Waals surface area contributed by atoms with Crippen molar-refractivity contribution in [1.29, 1.82) is 0 Å². The van der Waals surface area contributed by atoms with Crippen LogP contribution in [0.4, 0.5) is 11.6 Å². The van der Waals surface area contributed by atoms with E-state index in [9.17, 15) is 4.79 Å². The molecule has 9 heteroatoms. The van der Waals surface area contributed by atoms with Gasteiger partial charge < -0.3 is 15.4 Å². The monoisotopic (exact) mass is 398 g/mol. The Balaban J connectivity index is 1.44. The molecule has 1 atom stereocenters. The van der Waals surface area contributed by atoms with E-state index in [1.165, 1.54) is 11.8 Å². The van der Waals surface area contributed by atoms with Crippen molar-refractivity contribution in [2.24, 2.45) is 0 Å². The number of carbonyl (C=O) groups is 1. The SMILES string of the molecule is Cc1cc(NC(=O)CSc2nc(NCC3CCCO3)c3ccccc3n2)n[nH]1. The molecular weight excluding hydrogens is 376 g/mol. The third-order valence-electron chi connectivity index (χ3n) is 4.41. The minimum Gasteiger partial charge on any atom is -0.376 e. The molecule has 0 spiro atoms. The van der Waals surface area contributed by atoms with Crippen molar-refractivity contribution in [1.82, 2.24) is 20.2 Å². The molecule has 0 radical (unpaired) electrons. The number of nitrogens with one attached hydrogen (secondary N) is 3. The Kier molecular flexibility index (Phi) is 5.73. The number of fused-ring (bicyclic) bond motifs is 1. The van der Waals surface area contributed by atoms with E-state index in [2.05, 4.69) is 30.8 Å². The van der Waals surface area contributed by atoms with Gasteiger partial charge in [0.25, 0.3) is 0 Å². The number of anilines is 2. The molecule has 3 aromatic rings. The summed E-state index contributed by atoms with van der Waals surface area (Å²) < 4.78 is 5.68. The number of para-hydroxylation sites is 1. The van der Waals surface area contributed by atoms with Crippen molar-refractivity contribution in [2.45, 2.75) is 31.0 Å². The first-order valence-electron chi connectivity index (χ1n) is 9.24. The van der Waals surface area contributed by atoms with E-state index in [0.717, 1.165) is 41.9 Å². The number of nitrogens with zero attached hydrogens (tertiary/aromatic N) is 3. The Morgan fingerprint density at radius 1 is 1.36 bits per heavy atom. The first-order valence-corrected chi connectivity index (χ1v) is 10.2. The van der Waals surface area contributed by atoms with Crippen LogP contribution in [0.2, 0.25) is 0 Å². The number of aryl methyl sites for hydroxylation is 1. The molecule has 3 heterocycles. The van der Waals surface area contributed by atoms with Gasteiger partial charge in [0.05, 0.1) is 17.4 Å². The van der Waals surface area contributed by atoms with E-state index in [4.69, 9.17) is 4.74 Å². The maximum Gasteiger partial charge on any atom is 0.236 e. The van der Waals surface area contributed by atoms with Crippen LogP contribution < -0.4 is 10.6 Å². The van der Waals surface area contributed by atoms with Crippen LogP contribution in [0.25, 0.3) is 10.9 Å². The second-order valence-corrected chi connectivity index (χ2v) is 7.60. The summed E-state index contributed by atoms with van der Waals surface area (Å²) in [7, 11) is 0. The van der Waals surface area contributed by atoms with E-state index in [1.807, 2.05) is 31.2 Å². The van der Waals surface area contributed by atoms with Gasteiger partial charge in [-0.2, -0.15) is 5.10 Å². The normalized spacial score (nSPS) is 16.4. The fraction of sp³-hybridized carbons (Fsp3) is 0.368. The molecular formula is C19H22N6O2S. The summed E-state index contributed by atoms with van der Waals surface area (Å²) in [5.74, 6) is 1.34. The third-order valence-corrected chi connectivity index (χ3v) is 5.26. The van der Waals surface area contributed by atoms with E-state index in [-0.39, 0.29) is 17.8 Å². The predicted molar refractivity (Wildman–Crippen MR) is 110 cm³/mol. The number of rotatable bonds is 7. The molecule has 3 N–H and O–H groups in total. The van der Waals surface area contributed by atoms with E-state index >= 15 is 0 Å². The van der Waals surface area contributed by atoms with Crippen molar-refractivity contribution in [3.05, 3.63) is 36.0 Å². The van der Waals surface area contributed by atoms with Gasteiger partial charge in [0.2, 0.25) is 5.91 Å². The minimum absolute atomic E-state index is 0.151. The van der Waals surface area contributed by atoms with E-state index < -0.39 is 0 Å². The van der Waals surface area contributed by atoms with E-state index in [0.29, 0.717) is 17.5 Å². The fourth-order valence-electron chi connectivity index (χ4n) is 3.06. The molecule has 8 nitrogen and oxygen atoms in total. The molecule has 1 aromatic carbocycles. The van der Waals surface area contributed by atoms with Crippen molar-refractivity contribution in [3.63, 3.8) is 0 Å². The molecule has 4 rings (SSSR count). The number of carbonyl (C=O) groups excluding carboxylic acids is 1. The highest BCUT2D eigenvalue weighted by Gasteiger charge is 2.17. The number of aromatic nitrogens is 4. The number of ether oxygens (including phenoxy) is 1. The lowest BCUT2D eigenvalue weighted by Gasteiger charge is -2.13. The Morgan fingerprint density at radius 2 is 2.25 bits per heavy atom. The molecule has 28 heavy (non-hydrogen) atoms. The summed E-state index contributed by atoms with van der Waals surface area (Å²) in [6.45, 7) is 3.41. The van der Waals surface area contributed by atoms with Crippen LogP contribution >= 0.6 is 11.8 Å². The van der Waals surface area contributed by atoms with Crippen molar-refractivity contribution in [3.8, 4) is 0 Å². The van der Waals surface area contributed by atoms with Gasteiger partial charge in [-0.15, -0.1) is 0 Å². The Labute approximate surface area is 166 Å². The van der Waals surface area contributed by atoms with Crippen molar-refractivity contribution >= 4 is 40.2 Å². The highest BCUT2D eigenvalue weighted by Crippen LogP contribution is 2.25. The summed E-state index contributed by atoms with van der Waals surface area (Å²) in [5, 5.41) is 14.5. The molecule has 0 bridgehead atoms. The average molecular weight is 398 g/mol. The first-order chi connectivity index (χ1) is 13.7. The first kappa shape index (κ1) is 18.7. The summed E-state index contributed by atoms with van der Waals surface area (Å²) >= 11 is 1.30. The number of thioether (sulfide) groups is 1. The number of H-pyrrole nitrogens is 1. The van der Waals surface area contributed by atoms with Gasteiger partial charge in [0.1, 0.15) is 5.82 Å². The molecule has 1 amide bonds. The minimum atomic E-state index is -0.151. The van der Waals surface area contributed by atoms with Crippen LogP contribution in [0, 0.1) is 6.92 Å². The van der Waals surface area contributed by atoms with Crippen LogP contribution in [0.5, 0.6) is 0 Å². The summed E-state index contributed by atoms with van der Waals surface area (Å²) in [6.07, 6.45) is 2.38. The fourth-order valence-corrected chi connectivity index (χ4v) is 3.71. The molecule has 1 aliphatic rings. The van der Waals surface area contributed by atoms with Crippen molar-refractivity contribution < 1.29 is 9.53 Å².